The Hall–Kier alpha value is -3.98. The van der Waals surface area contributed by atoms with Crippen molar-refractivity contribution in [1.29, 1.82) is 0 Å². The molecule has 0 bridgehead atoms. The van der Waals surface area contributed by atoms with Gasteiger partial charge in [-0.25, -0.2) is 0 Å². The summed E-state index contributed by atoms with van der Waals surface area (Å²) in [4.78, 5) is 12.5. The molecule has 0 aliphatic heterocycles. The SMILES string of the molecule is O=C(Nc1ccc[n+](Cc2c3ccccc3cc3ccccc23)c1)c1ccccc1. The van der Waals surface area contributed by atoms with Crippen molar-refractivity contribution in [2.24, 2.45) is 0 Å². The number of nitrogens with zero attached hydrogens (tertiary/aromatic N) is 1. The molecule has 3 heteroatoms. The highest BCUT2D eigenvalue weighted by molar-refractivity contribution is 6.04. The van der Waals surface area contributed by atoms with Gasteiger partial charge in [0.25, 0.3) is 5.91 Å². The van der Waals surface area contributed by atoms with Gasteiger partial charge in [-0.15, -0.1) is 0 Å². The Morgan fingerprint density at radius 1 is 0.733 bits per heavy atom. The van der Waals surface area contributed by atoms with E-state index in [4.69, 9.17) is 0 Å². The van der Waals surface area contributed by atoms with Gasteiger partial charge in [0, 0.05) is 17.2 Å². The van der Waals surface area contributed by atoms with Crippen LogP contribution in [0.4, 0.5) is 5.69 Å². The fraction of sp³-hybridized carbons (Fsp3) is 0.0370. The standard InChI is InChI=1S/C27H20N2O/c30-27(20-9-2-1-3-10-20)28-23-13-8-16-29(18-23)19-26-24-14-6-4-11-21(24)17-22-12-5-7-15-25(22)26/h1-18H,19H2/p+1. The van der Waals surface area contributed by atoms with Gasteiger partial charge in [-0.1, -0.05) is 66.7 Å². The van der Waals surface area contributed by atoms with Crippen LogP contribution in [0, 0.1) is 0 Å². The second kappa shape index (κ2) is 7.80. The van der Waals surface area contributed by atoms with Crippen LogP contribution >= 0.6 is 0 Å². The summed E-state index contributed by atoms with van der Waals surface area (Å²) in [5.41, 5.74) is 2.70. The summed E-state index contributed by atoms with van der Waals surface area (Å²) in [7, 11) is 0. The lowest BCUT2D eigenvalue weighted by Gasteiger charge is -2.10. The van der Waals surface area contributed by atoms with E-state index in [0.29, 0.717) is 5.56 Å². The summed E-state index contributed by atoms with van der Waals surface area (Å²) in [5.74, 6) is -0.107. The second-order valence-corrected chi connectivity index (χ2v) is 7.38. The van der Waals surface area contributed by atoms with Crippen molar-refractivity contribution in [3.63, 3.8) is 0 Å². The Labute approximate surface area is 175 Å². The molecule has 144 valence electrons. The van der Waals surface area contributed by atoms with E-state index in [0.717, 1.165) is 12.2 Å². The first kappa shape index (κ1) is 18.1. The summed E-state index contributed by atoms with van der Waals surface area (Å²) in [6.07, 6.45) is 4.02. The van der Waals surface area contributed by atoms with Gasteiger partial charge in [0.15, 0.2) is 18.9 Å². The number of benzene rings is 4. The lowest BCUT2D eigenvalue weighted by atomic mass is 9.96. The molecule has 1 aromatic heterocycles. The average Bonchev–Trinajstić information content (AvgIpc) is 2.80. The summed E-state index contributed by atoms with van der Waals surface area (Å²) in [6.45, 7) is 0.719. The molecule has 0 spiro atoms. The third-order valence-electron chi connectivity index (χ3n) is 5.38. The number of fused-ring (bicyclic) bond motifs is 2. The minimum Gasteiger partial charge on any atom is -0.317 e. The van der Waals surface area contributed by atoms with Gasteiger partial charge in [0.05, 0.1) is 0 Å². The van der Waals surface area contributed by atoms with Gasteiger partial charge in [-0.2, -0.15) is 4.57 Å². The number of rotatable bonds is 4. The second-order valence-electron chi connectivity index (χ2n) is 7.38. The molecule has 5 rings (SSSR count). The molecular weight excluding hydrogens is 368 g/mol. The van der Waals surface area contributed by atoms with Gasteiger partial charge < -0.3 is 5.32 Å². The Balaban J connectivity index is 1.51. The van der Waals surface area contributed by atoms with Crippen molar-refractivity contribution in [1.82, 2.24) is 0 Å². The molecule has 1 amide bonds. The largest absolute Gasteiger partial charge is 0.317 e. The van der Waals surface area contributed by atoms with Crippen molar-refractivity contribution >= 4 is 33.1 Å². The van der Waals surface area contributed by atoms with Crippen LogP contribution in [0.25, 0.3) is 21.5 Å². The first-order valence-corrected chi connectivity index (χ1v) is 10.0. The van der Waals surface area contributed by atoms with E-state index in [1.165, 1.54) is 27.1 Å². The number of amides is 1. The Morgan fingerprint density at radius 2 is 1.37 bits per heavy atom. The molecule has 5 aromatic rings. The van der Waals surface area contributed by atoms with Crippen molar-refractivity contribution in [3.8, 4) is 0 Å². The maximum Gasteiger partial charge on any atom is 0.255 e. The molecule has 0 aliphatic rings. The number of carbonyl (C=O) groups is 1. The highest BCUT2D eigenvalue weighted by Gasteiger charge is 2.13. The van der Waals surface area contributed by atoms with E-state index in [-0.39, 0.29) is 5.91 Å². The van der Waals surface area contributed by atoms with Crippen LogP contribution in [-0.4, -0.2) is 5.91 Å². The molecule has 0 atom stereocenters. The van der Waals surface area contributed by atoms with Crippen LogP contribution in [0.1, 0.15) is 15.9 Å². The third-order valence-corrected chi connectivity index (χ3v) is 5.38. The van der Waals surface area contributed by atoms with E-state index in [9.17, 15) is 4.79 Å². The Morgan fingerprint density at radius 3 is 2.07 bits per heavy atom. The van der Waals surface area contributed by atoms with Crippen molar-refractivity contribution in [2.45, 2.75) is 6.54 Å². The maximum absolute atomic E-state index is 12.5. The van der Waals surface area contributed by atoms with E-state index in [1.807, 2.05) is 54.9 Å². The zero-order valence-electron chi connectivity index (χ0n) is 16.5. The van der Waals surface area contributed by atoms with Crippen LogP contribution in [0.2, 0.25) is 0 Å². The topological polar surface area (TPSA) is 33.0 Å². The lowest BCUT2D eigenvalue weighted by molar-refractivity contribution is -0.687. The van der Waals surface area contributed by atoms with Crippen LogP contribution < -0.4 is 9.88 Å². The number of aromatic nitrogens is 1. The van der Waals surface area contributed by atoms with Gasteiger partial charge in [0.2, 0.25) is 0 Å². The number of anilines is 1. The molecule has 1 N–H and O–H groups in total. The molecule has 0 aliphatic carbocycles. The average molecular weight is 389 g/mol. The predicted octanol–water partition coefficient (Wildman–Crippen LogP) is 5.58. The smallest absolute Gasteiger partial charge is 0.255 e. The van der Waals surface area contributed by atoms with E-state index in [1.54, 1.807) is 0 Å². The number of pyridine rings is 1. The molecule has 0 saturated carbocycles. The highest BCUT2D eigenvalue weighted by Crippen LogP contribution is 2.28. The molecule has 4 aromatic carbocycles. The van der Waals surface area contributed by atoms with Gasteiger partial charge in [0.1, 0.15) is 5.69 Å². The normalized spacial score (nSPS) is 10.9. The monoisotopic (exact) mass is 389 g/mol. The number of hydrogen-bond acceptors (Lipinski definition) is 1. The van der Waals surface area contributed by atoms with Crippen molar-refractivity contribution < 1.29 is 9.36 Å². The summed E-state index contributed by atoms with van der Waals surface area (Å²) in [5, 5.41) is 7.98. The molecule has 0 fully saturated rings. The fourth-order valence-electron chi connectivity index (χ4n) is 3.95. The van der Waals surface area contributed by atoms with Gasteiger partial charge in [-0.3, -0.25) is 4.79 Å². The molecule has 0 saturated heterocycles. The zero-order valence-corrected chi connectivity index (χ0v) is 16.5. The molecule has 0 radical (unpaired) electrons. The Bertz CT molecular complexity index is 1310. The summed E-state index contributed by atoms with van der Waals surface area (Å²) < 4.78 is 2.12. The molecule has 30 heavy (non-hydrogen) atoms. The zero-order chi connectivity index (χ0) is 20.3. The molecular formula is C27H21N2O+. The minimum atomic E-state index is -0.107. The van der Waals surface area contributed by atoms with E-state index < -0.39 is 0 Å². The summed E-state index contributed by atoms with van der Waals surface area (Å²) in [6, 6.07) is 32.4. The van der Waals surface area contributed by atoms with Crippen LogP contribution in [0.3, 0.4) is 0 Å². The maximum atomic E-state index is 12.5. The first-order valence-electron chi connectivity index (χ1n) is 10.0. The van der Waals surface area contributed by atoms with Crippen LogP contribution in [-0.2, 0) is 6.54 Å². The van der Waals surface area contributed by atoms with Crippen LogP contribution in [0.15, 0.2) is 109 Å². The summed E-state index contributed by atoms with van der Waals surface area (Å²) >= 11 is 0. The minimum absolute atomic E-state index is 0.107. The molecule has 0 unspecified atom stereocenters. The van der Waals surface area contributed by atoms with Gasteiger partial charge >= 0.3 is 0 Å². The highest BCUT2D eigenvalue weighted by atomic mass is 16.1. The first-order chi connectivity index (χ1) is 14.8. The lowest BCUT2D eigenvalue weighted by Crippen LogP contribution is -2.34. The molecule has 3 nitrogen and oxygen atoms in total. The van der Waals surface area contributed by atoms with Gasteiger partial charge in [-0.05, 0) is 45.8 Å². The third kappa shape index (κ3) is 3.53. The number of hydrogen-bond donors (Lipinski definition) is 1. The number of nitrogens with one attached hydrogen (secondary N) is 1. The molecule has 1 heterocycles. The predicted molar refractivity (Wildman–Crippen MR) is 122 cm³/mol. The Kier molecular flexibility index (Phi) is 4.70. The quantitative estimate of drug-likeness (QED) is 0.316. The van der Waals surface area contributed by atoms with Crippen molar-refractivity contribution in [3.05, 3.63) is 121 Å². The van der Waals surface area contributed by atoms with E-state index >= 15 is 0 Å². The fourth-order valence-corrected chi connectivity index (χ4v) is 3.95. The van der Waals surface area contributed by atoms with Crippen LogP contribution in [0.5, 0.6) is 0 Å². The number of carbonyl (C=O) groups excluding carboxylic acids is 1. The van der Waals surface area contributed by atoms with E-state index in [2.05, 4.69) is 64.5 Å². The van der Waals surface area contributed by atoms with Crippen molar-refractivity contribution in [2.75, 3.05) is 5.32 Å².